The fraction of sp³-hybridized carbons (Fsp3) is 0.889. The minimum atomic E-state index is -0.327. The quantitative estimate of drug-likeness (QED) is 0.709. The van der Waals surface area contributed by atoms with Gasteiger partial charge in [-0.05, 0) is 25.0 Å². The number of carbonyl (C=O) groups is 1. The van der Waals surface area contributed by atoms with Crippen LogP contribution in [0.3, 0.4) is 0 Å². The van der Waals surface area contributed by atoms with Gasteiger partial charge in [0, 0.05) is 11.8 Å². The molecule has 13 heavy (non-hydrogen) atoms. The standard InChI is InChI=1S/C9H18N2OS/c1-2-8(10)9(12)11-7-4-3-5-13-6-7/h7-8H,2-6,10H2,1H3,(H,11,12)/t7?,8-/m0/s1. The molecule has 0 spiro atoms. The second-order valence-electron chi connectivity index (χ2n) is 3.44. The first-order chi connectivity index (χ1) is 6.24. The van der Waals surface area contributed by atoms with E-state index in [-0.39, 0.29) is 11.9 Å². The smallest absolute Gasteiger partial charge is 0.237 e. The molecule has 0 aliphatic carbocycles. The summed E-state index contributed by atoms with van der Waals surface area (Å²) in [6.07, 6.45) is 3.03. The van der Waals surface area contributed by atoms with Crippen LogP contribution in [0.5, 0.6) is 0 Å². The van der Waals surface area contributed by atoms with Crippen molar-refractivity contribution in [3.05, 3.63) is 0 Å². The maximum Gasteiger partial charge on any atom is 0.237 e. The molecule has 0 radical (unpaired) electrons. The van der Waals surface area contributed by atoms with E-state index in [1.54, 1.807) is 0 Å². The van der Waals surface area contributed by atoms with Gasteiger partial charge in [0.05, 0.1) is 6.04 Å². The summed E-state index contributed by atoms with van der Waals surface area (Å²) in [7, 11) is 0. The molecule has 4 heteroatoms. The van der Waals surface area contributed by atoms with Crippen LogP contribution in [0.2, 0.25) is 0 Å². The van der Waals surface area contributed by atoms with Gasteiger partial charge in [-0.25, -0.2) is 0 Å². The molecule has 1 aliphatic heterocycles. The number of nitrogens with two attached hydrogens (primary N) is 1. The zero-order chi connectivity index (χ0) is 9.68. The molecule has 1 rings (SSSR count). The third kappa shape index (κ3) is 3.56. The van der Waals surface area contributed by atoms with E-state index in [1.807, 2.05) is 18.7 Å². The first-order valence-electron chi connectivity index (χ1n) is 4.87. The van der Waals surface area contributed by atoms with Gasteiger partial charge in [-0.15, -0.1) is 0 Å². The largest absolute Gasteiger partial charge is 0.351 e. The number of amides is 1. The lowest BCUT2D eigenvalue weighted by Crippen LogP contribution is -2.46. The molecule has 1 unspecified atom stereocenters. The highest BCUT2D eigenvalue weighted by atomic mass is 32.2. The number of hydrogen-bond acceptors (Lipinski definition) is 3. The molecule has 1 heterocycles. The Morgan fingerprint density at radius 3 is 3.08 bits per heavy atom. The van der Waals surface area contributed by atoms with Crippen molar-refractivity contribution in [2.45, 2.75) is 38.3 Å². The van der Waals surface area contributed by atoms with Crippen molar-refractivity contribution in [1.29, 1.82) is 0 Å². The van der Waals surface area contributed by atoms with Crippen LogP contribution in [0, 0.1) is 0 Å². The highest BCUT2D eigenvalue weighted by molar-refractivity contribution is 7.99. The molecule has 1 amide bonds. The van der Waals surface area contributed by atoms with Crippen molar-refractivity contribution in [1.82, 2.24) is 5.32 Å². The molecular formula is C9H18N2OS. The predicted octanol–water partition coefficient (Wildman–Crippen LogP) is 0.735. The summed E-state index contributed by atoms with van der Waals surface area (Å²) in [5, 5.41) is 2.98. The summed E-state index contributed by atoms with van der Waals surface area (Å²) in [6, 6.07) is 0.0239. The summed E-state index contributed by atoms with van der Waals surface area (Å²) in [4.78, 5) is 11.4. The van der Waals surface area contributed by atoms with Gasteiger partial charge in [0.15, 0.2) is 0 Å². The fourth-order valence-electron chi connectivity index (χ4n) is 1.35. The molecule has 2 atom stereocenters. The Bertz CT molecular complexity index is 169. The molecule has 1 fully saturated rings. The van der Waals surface area contributed by atoms with Gasteiger partial charge in [0.1, 0.15) is 0 Å². The molecule has 76 valence electrons. The lowest BCUT2D eigenvalue weighted by Gasteiger charge is -2.23. The molecule has 3 N–H and O–H groups in total. The van der Waals surface area contributed by atoms with Crippen molar-refractivity contribution in [2.75, 3.05) is 11.5 Å². The first kappa shape index (κ1) is 10.9. The van der Waals surface area contributed by atoms with E-state index >= 15 is 0 Å². The molecule has 0 aromatic carbocycles. The van der Waals surface area contributed by atoms with Crippen molar-refractivity contribution in [2.24, 2.45) is 5.73 Å². The number of thioether (sulfide) groups is 1. The van der Waals surface area contributed by atoms with Crippen molar-refractivity contribution >= 4 is 17.7 Å². The summed E-state index contributed by atoms with van der Waals surface area (Å²) >= 11 is 1.91. The highest BCUT2D eigenvalue weighted by Crippen LogP contribution is 2.16. The Hall–Kier alpha value is -0.220. The summed E-state index contributed by atoms with van der Waals surface area (Å²) < 4.78 is 0. The molecule has 1 saturated heterocycles. The van der Waals surface area contributed by atoms with Crippen molar-refractivity contribution in [3.8, 4) is 0 Å². The third-order valence-corrected chi connectivity index (χ3v) is 3.50. The van der Waals surface area contributed by atoms with Gasteiger partial charge in [-0.2, -0.15) is 11.8 Å². The van der Waals surface area contributed by atoms with Crippen LogP contribution in [-0.2, 0) is 4.79 Å². The normalized spacial score (nSPS) is 25.2. The van der Waals surface area contributed by atoms with E-state index < -0.39 is 0 Å². The van der Waals surface area contributed by atoms with Crippen LogP contribution in [0.4, 0.5) is 0 Å². The Balaban J connectivity index is 2.26. The minimum absolute atomic E-state index is 0.00926. The fourth-order valence-corrected chi connectivity index (χ4v) is 2.42. The van der Waals surface area contributed by atoms with Crippen LogP contribution in [-0.4, -0.2) is 29.5 Å². The first-order valence-corrected chi connectivity index (χ1v) is 6.03. The molecule has 3 nitrogen and oxygen atoms in total. The molecule has 1 aliphatic rings. The number of rotatable bonds is 3. The molecule has 0 aromatic heterocycles. The van der Waals surface area contributed by atoms with E-state index in [9.17, 15) is 4.79 Å². The Morgan fingerprint density at radius 1 is 1.77 bits per heavy atom. The van der Waals surface area contributed by atoms with Gasteiger partial charge in [-0.1, -0.05) is 6.92 Å². The maximum atomic E-state index is 11.4. The topological polar surface area (TPSA) is 55.1 Å². The molecule has 0 saturated carbocycles. The van der Waals surface area contributed by atoms with Gasteiger partial charge in [-0.3, -0.25) is 4.79 Å². The average Bonchev–Trinajstić information content (AvgIpc) is 2.18. The van der Waals surface area contributed by atoms with Gasteiger partial charge >= 0.3 is 0 Å². The Morgan fingerprint density at radius 2 is 2.54 bits per heavy atom. The lowest BCUT2D eigenvalue weighted by atomic mass is 10.1. The number of hydrogen-bond donors (Lipinski definition) is 2. The predicted molar refractivity (Wildman–Crippen MR) is 56.8 cm³/mol. The monoisotopic (exact) mass is 202 g/mol. The molecule has 0 aromatic rings. The lowest BCUT2D eigenvalue weighted by molar-refractivity contribution is -0.123. The zero-order valence-corrected chi connectivity index (χ0v) is 8.90. The summed E-state index contributed by atoms with van der Waals surface area (Å²) in [6.45, 7) is 1.93. The van der Waals surface area contributed by atoms with Crippen LogP contribution in [0.15, 0.2) is 0 Å². The van der Waals surface area contributed by atoms with Crippen LogP contribution < -0.4 is 11.1 Å². The maximum absolute atomic E-state index is 11.4. The van der Waals surface area contributed by atoms with Crippen LogP contribution in [0.25, 0.3) is 0 Å². The molecular weight excluding hydrogens is 184 g/mol. The molecule has 0 bridgehead atoms. The summed E-state index contributed by atoms with van der Waals surface area (Å²) in [5.41, 5.74) is 5.61. The van der Waals surface area contributed by atoms with Gasteiger partial charge < -0.3 is 11.1 Å². The zero-order valence-electron chi connectivity index (χ0n) is 8.08. The van der Waals surface area contributed by atoms with Crippen molar-refractivity contribution < 1.29 is 4.79 Å². The second kappa shape index (κ2) is 5.50. The second-order valence-corrected chi connectivity index (χ2v) is 4.59. The third-order valence-electron chi connectivity index (χ3n) is 2.28. The van der Waals surface area contributed by atoms with E-state index in [0.29, 0.717) is 12.5 Å². The van der Waals surface area contributed by atoms with Crippen molar-refractivity contribution in [3.63, 3.8) is 0 Å². The van der Waals surface area contributed by atoms with E-state index in [4.69, 9.17) is 5.73 Å². The number of carbonyl (C=O) groups excluding carboxylic acids is 1. The highest BCUT2D eigenvalue weighted by Gasteiger charge is 2.18. The van der Waals surface area contributed by atoms with E-state index in [1.165, 1.54) is 12.2 Å². The van der Waals surface area contributed by atoms with Gasteiger partial charge in [0.25, 0.3) is 0 Å². The number of nitrogens with one attached hydrogen (secondary N) is 1. The van der Waals surface area contributed by atoms with E-state index in [2.05, 4.69) is 5.32 Å². The Labute approximate surface area is 83.8 Å². The van der Waals surface area contributed by atoms with Gasteiger partial charge in [0.2, 0.25) is 5.91 Å². The summed E-state index contributed by atoms with van der Waals surface area (Å²) in [5.74, 6) is 2.28. The van der Waals surface area contributed by atoms with Crippen LogP contribution >= 0.6 is 11.8 Å². The average molecular weight is 202 g/mol. The Kier molecular flexibility index (Phi) is 4.59. The van der Waals surface area contributed by atoms with E-state index in [0.717, 1.165) is 12.2 Å². The SMILES string of the molecule is CC[C@H](N)C(=O)NC1CCCSC1. The van der Waals surface area contributed by atoms with Crippen LogP contribution in [0.1, 0.15) is 26.2 Å². The minimum Gasteiger partial charge on any atom is -0.351 e.